The fraction of sp³-hybridized carbons (Fsp3) is 0.167. The lowest BCUT2D eigenvalue weighted by molar-refractivity contribution is -0.121. The molecule has 5 aromatic rings. The minimum Gasteiger partial charge on any atom is -0.455 e. The van der Waals surface area contributed by atoms with Crippen LogP contribution in [0.2, 0.25) is 0 Å². The fourth-order valence-electron chi connectivity index (χ4n) is 5.80. The summed E-state index contributed by atoms with van der Waals surface area (Å²) in [6.07, 6.45) is 1.62. The summed E-state index contributed by atoms with van der Waals surface area (Å²) in [5.41, 5.74) is -1.39. The Balaban J connectivity index is 1.71. The predicted molar refractivity (Wildman–Crippen MR) is 139 cm³/mol. The molecule has 7 rings (SSSR count). The number of hydrogen-bond acceptors (Lipinski definition) is 6. The Kier molecular flexibility index (Phi) is 4.48. The minimum absolute atomic E-state index is 0.00210. The highest BCUT2D eigenvalue weighted by Crippen LogP contribution is 2.58. The molecule has 0 unspecified atom stereocenters. The molecule has 3 aromatic carbocycles. The summed E-state index contributed by atoms with van der Waals surface area (Å²) in [6, 6.07) is 21.3. The van der Waals surface area contributed by atoms with Gasteiger partial charge in [0.05, 0.1) is 10.8 Å². The number of carbonyl (C=O) groups is 1. The largest absolute Gasteiger partial charge is 0.455 e. The van der Waals surface area contributed by atoms with Gasteiger partial charge in [0.15, 0.2) is 11.5 Å². The van der Waals surface area contributed by atoms with Crippen LogP contribution in [0.4, 0.5) is 5.69 Å². The van der Waals surface area contributed by atoms with Crippen LogP contribution in [0.1, 0.15) is 36.5 Å². The molecule has 0 saturated carbocycles. The van der Waals surface area contributed by atoms with Gasteiger partial charge in [0, 0.05) is 17.8 Å². The third-order valence-electron chi connectivity index (χ3n) is 7.39. The number of unbranched alkanes of at least 4 members (excludes halogenated alkanes) is 1. The normalized spacial score (nSPS) is 15.1. The third-order valence-corrected chi connectivity index (χ3v) is 7.39. The summed E-state index contributed by atoms with van der Waals surface area (Å²) in [7, 11) is 0. The predicted octanol–water partition coefficient (Wildman–Crippen LogP) is 5.49. The van der Waals surface area contributed by atoms with Crippen LogP contribution in [0, 0.1) is 0 Å². The van der Waals surface area contributed by atoms with E-state index >= 15 is 0 Å². The number of carbonyl (C=O) groups excluding carboxylic acids is 1. The first-order valence-electron chi connectivity index (χ1n) is 12.3. The van der Waals surface area contributed by atoms with Crippen molar-refractivity contribution in [2.75, 3.05) is 11.4 Å². The van der Waals surface area contributed by atoms with E-state index in [1.807, 2.05) is 31.2 Å². The quantitative estimate of drug-likeness (QED) is 0.310. The monoisotopic (exact) mass is 491 g/mol. The van der Waals surface area contributed by atoms with Gasteiger partial charge in [-0.1, -0.05) is 55.8 Å². The van der Waals surface area contributed by atoms with Crippen molar-refractivity contribution in [2.24, 2.45) is 0 Å². The van der Waals surface area contributed by atoms with Crippen molar-refractivity contribution in [3.63, 3.8) is 0 Å². The van der Waals surface area contributed by atoms with Crippen LogP contribution >= 0.6 is 0 Å². The second-order valence-electron chi connectivity index (χ2n) is 9.36. The molecule has 7 heteroatoms. The highest BCUT2D eigenvalue weighted by molar-refractivity contribution is 6.15. The van der Waals surface area contributed by atoms with Gasteiger partial charge in [-0.15, -0.1) is 0 Å². The van der Waals surface area contributed by atoms with Crippen LogP contribution in [-0.4, -0.2) is 12.5 Å². The van der Waals surface area contributed by atoms with Gasteiger partial charge < -0.3 is 18.5 Å². The molecule has 0 bridgehead atoms. The maximum absolute atomic E-state index is 14.7. The number of anilines is 1. The van der Waals surface area contributed by atoms with E-state index in [4.69, 9.17) is 13.6 Å². The Morgan fingerprint density at radius 1 is 0.730 bits per heavy atom. The van der Waals surface area contributed by atoms with E-state index in [-0.39, 0.29) is 22.6 Å². The number of fused-ring (bicyclic) bond motifs is 10. The van der Waals surface area contributed by atoms with Crippen LogP contribution in [-0.2, 0) is 10.2 Å². The zero-order valence-corrected chi connectivity index (χ0v) is 19.9. The number of ether oxygens (including phenoxy) is 1. The summed E-state index contributed by atoms with van der Waals surface area (Å²) in [5.74, 6) is 0.0457. The van der Waals surface area contributed by atoms with E-state index in [9.17, 15) is 14.4 Å². The van der Waals surface area contributed by atoms with Crippen LogP contribution in [0.3, 0.4) is 0 Å². The minimum atomic E-state index is -1.78. The van der Waals surface area contributed by atoms with Gasteiger partial charge in [-0.25, -0.2) is 9.59 Å². The summed E-state index contributed by atoms with van der Waals surface area (Å²) in [6.45, 7) is 2.49. The first-order chi connectivity index (χ1) is 18.1. The lowest BCUT2D eigenvalue weighted by Gasteiger charge is -2.34. The molecule has 0 N–H and O–H groups in total. The van der Waals surface area contributed by atoms with Crippen molar-refractivity contribution in [3.8, 4) is 11.5 Å². The van der Waals surface area contributed by atoms with Crippen LogP contribution in [0.15, 0.2) is 91.2 Å². The SMILES string of the molecule is CCCCN1C(=O)C2(c3ccccc31)c1c(c3ccccc3oc1=O)Oc1c2c(=O)oc2ccccc12. The van der Waals surface area contributed by atoms with E-state index in [0.717, 1.165) is 12.8 Å². The average molecular weight is 491 g/mol. The molecular formula is C30H21NO6. The van der Waals surface area contributed by atoms with Gasteiger partial charge in [0.25, 0.3) is 0 Å². The molecule has 4 heterocycles. The Bertz CT molecular complexity index is 1780. The Morgan fingerprint density at radius 3 is 1.86 bits per heavy atom. The van der Waals surface area contributed by atoms with E-state index in [1.54, 1.807) is 53.4 Å². The topological polar surface area (TPSA) is 90.0 Å². The second kappa shape index (κ2) is 7.67. The summed E-state index contributed by atoms with van der Waals surface area (Å²) < 4.78 is 17.9. The smallest absolute Gasteiger partial charge is 0.345 e. The molecule has 0 saturated heterocycles. The third kappa shape index (κ3) is 2.68. The highest BCUT2D eigenvalue weighted by atomic mass is 16.5. The Labute approximate surface area is 210 Å². The van der Waals surface area contributed by atoms with Gasteiger partial charge in [-0.05, 0) is 36.8 Å². The number of amides is 1. The lowest BCUT2D eigenvalue weighted by Crippen LogP contribution is -2.49. The van der Waals surface area contributed by atoms with Crippen molar-refractivity contribution >= 4 is 33.5 Å². The Hall–Kier alpha value is -4.65. The molecule has 2 aromatic heterocycles. The van der Waals surface area contributed by atoms with Crippen molar-refractivity contribution in [2.45, 2.75) is 25.2 Å². The van der Waals surface area contributed by atoms with Gasteiger partial charge >= 0.3 is 11.3 Å². The fourth-order valence-corrected chi connectivity index (χ4v) is 5.80. The molecule has 0 fully saturated rings. The molecule has 0 atom stereocenters. The molecule has 1 amide bonds. The number of para-hydroxylation sites is 3. The Morgan fingerprint density at radius 2 is 1.27 bits per heavy atom. The first kappa shape index (κ1) is 21.6. The molecule has 37 heavy (non-hydrogen) atoms. The second-order valence-corrected chi connectivity index (χ2v) is 9.36. The molecule has 2 aliphatic heterocycles. The first-order valence-corrected chi connectivity index (χ1v) is 12.3. The average Bonchev–Trinajstić information content (AvgIpc) is 3.15. The van der Waals surface area contributed by atoms with Crippen molar-refractivity contribution in [1.29, 1.82) is 0 Å². The van der Waals surface area contributed by atoms with E-state index in [1.165, 1.54) is 0 Å². The van der Waals surface area contributed by atoms with Gasteiger partial charge in [-0.2, -0.15) is 0 Å². The van der Waals surface area contributed by atoms with E-state index < -0.39 is 22.6 Å². The summed E-state index contributed by atoms with van der Waals surface area (Å²) in [4.78, 5) is 43.8. The molecule has 0 aliphatic carbocycles. The van der Waals surface area contributed by atoms with E-state index in [0.29, 0.717) is 39.7 Å². The van der Waals surface area contributed by atoms with Crippen LogP contribution in [0.5, 0.6) is 11.5 Å². The van der Waals surface area contributed by atoms with Crippen molar-refractivity contribution in [3.05, 3.63) is 110 Å². The van der Waals surface area contributed by atoms with E-state index in [2.05, 4.69) is 0 Å². The molecule has 7 nitrogen and oxygen atoms in total. The zero-order chi connectivity index (χ0) is 25.3. The van der Waals surface area contributed by atoms with Gasteiger partial charge in [-0.3, -0.25) is 4.79 Å². The molecule has 0 radical (unpaired) electrons. The van der Waals surface area contributed by atoms with Gasteiger partial charge in [0.2, 0.25) is 5.91 Å². The number of benzene rings is 3. The number of hydrogen-bond donors (Lipinski definition) is 0. The molecular weight excluding hydrogens is 470 g/mol. The molecule has 1 spiro atoms. The summed E-state index contributed by atoms with van der Waals surface area (Å²) >= 11 is 0. The van der Waals surface area contributed by atoms with Crippen molar-refractivity contribution in [1.82, 2.24) is 0 Å². The molecule has 182 valence electrons. The highest BCUT2D eigenvalue weighted by Gasteiger charge is 2.61. The summed E-state index contributed by atoms with van der Waals surface area (Å²) in [5, 5.41) is 1.08. The maximum Gasteiger partial charge on any atom is 0.345 e. The molecule has 2 aliphatic rings. The lowest BCUT2D eigenvalue weighted by atomic mass is 9.69. The number of rotatable bonds is 3. The number of nitrogens with zero attached hydrogens (tertiary/aromatic N) is 1. The maximum atomic E-state index is 14.7. The van der Waals surface area contributed by atoms with Crippen LogP contribution in [0.25, 0.3) is 21.9 Å². The van der Waals surface area contributed by atoms with Crippen LogP contribution < -0.4 is 20.9 Å². The van der Waals surface area contributed by atoms with Gasteiger partial charge in [0.1, 0.15) is 27.7 Å². The van der Waals surface area contributed by atoms with Crippen molar-refractivity contribution < 1.29 is 18.4 Å². The zero-order valence-electron chi connectivity index (χ0n) is 19.9. The standard InChI is InChI=1S/C30H21NO6/c1-2-3-16-31-20-13-7-6-12-19(20)30(29(31)34)23-25(17-10-4-8-14-21(17)35-27(23)32)37-26-18-11-5-9-15-22(18)36-28(33)24(26)30/h4-15H,2-3,16H2,1H3.